The van der Waals surface area contributed by atoms with E-state index in [1.165, 1.54) is 6.08 Å². The molecule has 0 fully saturated rings. The summed E-state index contributed by atoms with van der Waals surface area (Å²) in [7, 11) is 1.57. The molecule has 0 aliphatic carbocycles. The molecule has 114 valence electrons. The lowest BCUT2D eigenvalue weighted by Gasteiger charge is -2.00. The predicted octanol–water partition coefficient (Wildman–Crippen LogP) is 1.83. The van der Waals surface area contributed by atoms with Gasteiger partial charge >= 0.3 is 5.97 Å². The maximum atomic E-state index is 11.8. The Morgan fingerprint density at radius 1 is 1.41 bits per heavy atom. The molecule has 2 rings (SSSR count). The molecule has 2 aromatic rings. The van der Waals surface area contributed by atoms with E-state index < -0.39 is 5.97 Å². The smallest absolute Gasteiger partial charge is 0.310 e. The number of carbonyl (C=O) groups excluding carboxylic acids is 1. The molecule has 1 heterocycles. The summed E-state index contributed by atoms with van der Waals surface area (Å²) in [4.78, 5) is 22.3. The molecule has 0 bridgehead atoms. The van der Waals surface area contributed by atoms with Gasteiger partial charge in [-0.25, -0.2) is 0 Å². The molecule has 7 nitrogen and oxygen atoms in total. The van der Waals surface area contributed by atoms with Crippen molar-refractivity contribution in [1.82, 2.24) is 10.2 Å². The number of amides is 1. The highest BCUT2D eigenvalue weighted by atomic mass is 32.1. The van der Waals surface area contributed by atoms with Gasteiger partial charge in [0.15, 0.2) is 0 Å². The standard InChI is InChI=1S/C14H13N3O4S/c1-21-10-4-2-3-9(7-10)5-6-11(18)15-14-17-16-12(22-14)8-13(19)20/h2-7H,8H2,1H3,(H,19,20)(H,15,17,18)/b6-5+. The van der Waals surface area contributed by atoms with Crippen molar-refractivity contribution in [3.8, 4) is 5.75 Å². The van der Waals surface area contributed by atoms with Crippen LogP contribution in [0.2, 0.25) is 0 Å². The Morgan fingerprint density at radius 2 is 2.23 bits per heavy atom. The number of nitrogens with zero attached hydrogens (tertiary/aromatic N) is 2. The third kappa shape index (κ3) is 4.67. The van der Waals surface area contributed by atoms with E-state index in [0.29, 0.717) is 10.8 Å². The molecule has 0 saturated carbocycles. The van der Waals surface area contributed by atoms with Gasteiger partial charge in [0.2, 0.25) is 11.0 Å². The van der Waals surface area contributed by atoms with Gasteiger partial charge in [0, 0.05) is 6.08 Å². The van der Waals surface area contributed by atoms with Crippen LogP contribution in [-0.4, -0.2) is 34.3 Å². The molecule has 0 unspecified atom stereocenters. The first-order chi connectivity index (χ1) is 10.6. The fourth-order valence-corrected chi connectivity index (χ4v) is 2.30. The van der Waals surface area contributed by atoms with Crippen molar-refractivity contribution in [1.29, 1.82) is 0 Å². The summed E-state index contributed by atoms with van der Waals surface area (Å²) in [5, 5.41) is 19.2. The Kier molecular flexibility index (Phi) is 5.21. The number of carbonyl (C=O) groups is 2. The van der Waals surface area contributed by atoms with E-state index in [-0.39, 0.29) is 17.5 Å². The zero-order chi connectivity index (χ0) is 15.9. The summed E-state index contributed by atoms with van der Waals surface area (Å²) in [6.45, 7) is 0. The van der Waals surface area contributed by atoms with E-state index in [4.69, 9.17) is 9.84 Å². The number of hydrogen-bond acceptors (Lipinski definition) is 6. The lowest BCUT2D eigenvalue weighted by atomic mass is 10.2. The third-order valence-electron chi connectivity index (χ3n) is 2.52. The van der Waals surface area contributed by atoms with Crippen LogP contribution in [-0.2, 0) is 16.0 Å². The average Bonchev–Trinajstić information content (AvgIpc) is 2.91. The third-order valence-corrected chi connectivity index (χ3v) is 3.36. The fraction of sp³-hybridized carbons (Fsp3) is 0.143. The summed E-state index contributed by atoms with van der Waals surface area (Å²) >= 11 is 1.03. The maximum Gasteiger partial charge on any atom is 0.310 e. The van der Waals surface area contributed by atoms with Crippen molar-refractivity contribution in [2.45, 2.75) is 6.42 Å². The minimum absolute atomic E-state index is 0.215. The quantitative estimate of drug-likeness (QED) is 0.788. The molecule has 1 aromatic heterocycles. The van der Waals surface area contributed by atoms with Crippen LogP contribution in [0.1, 0.15) is 10.6 Å². The second-order valence-electron chi connectivity index (χ2n) is 4.17. The molecular formula is C14H13N3O4S. The highest BCUT2D eigenvalue weighted by molar-refractivity contribution is 7.15. The monoisotopic (exact) mass is 319 g/mol. The van der Waals surface area contributed by atoms with Gasteiger partial charge in [0.05, 0.1) is 13.5 Å². The lowest BCUT2D eigenvalue weighted by Crippen LogP contribution is -2.07. The number of rotatable bonds is 6. The lowest BCUT2D eigenvalue weighted by molar-refractivity contribution is -0.136. The molecule has 0 radical (unpaired) electrons. The number of ether oxygens (including phenoxy) is 1. The molecule has 1 amide bonds. The number of carboxylic acids is 1. The van der Waals surface area contributed by atoms with Gasteiger partial charge in [-0.2, -0.15) is 0 Å². The number of hydrogen-bond donors (Lipinski definition) is 2. The molecule has 0 aliphatic heterocycles. The van der Waals surface area contributed by atoms with Crippen LogP contribution in [0.3, 0.4) is 0 Å². The number of benzene rings is 1. The Hall–Kier alpha value is -2.74. The summed E-state index contributed by atoms with van der Waals surface area (Å²) < 4.78 is 5.09. The number of methoxy groups -OCH3 is 1. The van der Waals surface area contributed by atoms with Crippen molar-refractivity contribution in [2.24, 2.45) is 0 Å². The first kappa shape index (κ1) is 15.6. The second-order valence-corrected chi connectivity index (χ2v) is 5.23. The minimum Gasteiger partial charge on any atom is -0.497 e. The second kappa shape index (κ2) is 7.32. The molecule has 0 atom stereocenters. The summed E-state index contributed by atoms with van der Waals surface area (Å²) in [6.07, 6.45) is 2.78. The van der Waals surface area contributed by atoms with Crippen molar-refractivity contribution in [3.05, 3.63) is 40.9 Å². The van der Waals surface area contributed by atoms with Gasteiger partial charge in [0.1, 0.15) is 10.8 Å². The zero-order valence-electron chi connectivity index (χ0n) is 11.6. The van der Waals surface area contributed by atoms with E-state index in [1.54, 1.807) is 19.3 Å². The van der Waals surface area contributed by atoms with E-state index in [2.05, 4.69) is 15.5 Å². The van der Waals surface area contributed by atoms with Gasteiger partial charge < -0.3 is 9.84 Å². The first-order valence-electron chi connectivity index (χ1n) is 6.24. The number of nitrogens with one attached hydrogen (secondary N) is 1. The number of carboxylic acid groups (broad SMARTS) is 1. The Labute approximate surface area is 130 Å². The zero-order valence-corrected chi connectivity index (χ0v) is 12.5. The van der Waals surface area contributed by atoms with Gasteiger partial charge in [-0.15, -0.1) is 10.2 Å². The molecule has 22 heavy (non-hydrogen) atoms. The maximum absolute atomic E-state index is 11.8. The van der Waals surface area contributed by atoms with E-state index in [0.717, 1.165) is 16.9 Å². The molecule has 0 aliphatic rings. The Balaban J connectivity index is 1.95. The Bertz CT molecular complexity index is 712. The van der Waals surface area contributed by atoms with Crippen LogP contribution in [0.15, 0.2) is 30.3 Å². The molecule has 1 aromatic carbocycles. The van der Waals surface area contributed by atoms with E-state index in [9.17, 15) is 9.59 Å². The van der Waals surface area contributed by atoms with Gasteiger partial charge in [-0.1, -0.05) is 23.5 Å². The molecule has 0 spiro atoms. The van der Waals surface area contributed by atoms with Crippen LogP contribution in [0, 0.1) is 0 Å². The van der Waals surface area contributed by atoms with Crippen molar-refractivity contribution in [2.75, 3.05) is 12.4 Å². The number of aromatic nitrogens is 2. The fourth-order valence-electron chi connectivity index (χ4n) is 1.57. The topological polar surface area (TPSA) is 101 Å². The van der Waals surface area contributed by atoms with E-state index >= 15 is 0 Å². The van der Waals surface area contributed by atoms with Crippen LogP contribution in [0.25, 0.3) is 6.08 Å². The highest BCUT2D eigenvalue weighted by Gasteiger charge is 2.09. The normalized spacial score (nSPS) is 10.6. The highest BCUT2D eigenvalue weighted by Crippen LogP contribution is 2.16. The van der Waals surface area contributed by atoms with Gasteiger partial charge in [-0.3, -0.25) is 14.9 Å². The van der Waals surface area contributed by atoms with Crippen molar-refractivity contribution >= 4 is 34.4 Å². The average molecular weight is 319 g/mol. The van der Waals surface area contributed by atoms with E-state index in [1.807, 2.05) is 18.2 Å². The van der Waals surface area contributed by atoms with Crippen LogP contribution >= 0.6 is 11.3 Å². The largest absolute Gasteiger partial charge is 0.497 e. The van der Waals surface area contributed by atoms with Crippen molar-refractivity contribution < 1.29 is 19.4 Å². The number of aliphatic carboxylic acids is 1. The predicted molar refractivity (Wildman–Crippen MR) is 81.9 cm³/mol. The van der Waals surface area contributed by atoms with Gasteiger partial charge in [0.25, 0.3) is 0 Å². The summed E-state index contributed by atoms with van der Waals surface area (Å²) in [5.74, 6) is -0.669. The van der Waals surface area contributed by atoms with Crippen LogP contribution in [0.4, 0.5) is 5.13 Å². The van der Waals surface area contributed by atoms with Crippen LogP contribution < -0.4 is 10.1 Å². The number of anilines is 1. The Morgan fingerprint density at radius 3 is 2.95 bits per heavy atom. The molecule has 2 N–H and O–H groups in total. The van der Waals surface area contributed by atoms with Gasteiger partial charge in [-0.05, 0) is 23.8 Å². The summed E-state index contributed by atoms with van der Waals surface area (Å²) in [5.41, 5.74) is 0.818. The molecule has 0 saturated heterocycles. The molecule has 8 heteroatoms. The van der Waals surface area contributed by atoms with Crippen molar-refractivity contribution in [3.63, 3.8) is 0 Å². The van der Waals surface area contributed by atoms with Crippen LogP contribution in [0.5, 0.6) is 5.75 Å². The SMILES string of the molecule is COc1cccc(/C=C/C(=O)Nc2nnc(CC(=O)O)s2)c1. The molecular weight excluding hydrogens is 306 g/mol. The summed E-state index contributed by atoms with van der Waals surface area (Å²) in [6, 6.07) is 7.25. The minimum atomic E-state index is -0.994. The first-order valence-corrected chi connectivity index (χ1v) is 7.06.